The molecule has 2 aromatic carbocycles. The first-order chi connectivity index (χ1) is 12.9. The number of ether oxygens (including phenoxy) is 2. The molecule has 3 rings (SSSR count). The average molecular weight is 370 g/mol. The standard InChI is InChI=1S/C21H23FN2O3/c1-21(2,15-11-23-16-9-8-13(22)10-14(15)16)12-24-20(25)19-17(26-3)6-5-7-18(19)27-4/h5-11,23H,12H2,1-4H3,(H,24,25). The number of hydrogen-bond donors (Lipinski definition) is 2. The number of halogens is 1. The van der Waals surface area contributed by atoms with Gasteiger partial charge in [0.15, 0.2) is 0 Å². The molecule has 0 aliphatic heterocycles. The van der Waals surface area contributed by atoms with Gasteiger partial charge in [-0.3, -0.25) is 4.79 Å². The maximum Gasteiger partial charge on any atom is 0.258 e. The number of carbonyl (C=O) groups is 1. The number of rotatable bonds is 6. The zero-order valence-corrected chi connectivity index (χ0v) is 15.9. The molecule has 0 spiro atoms. The fraction of sp³-hybridized carbons (Fsp3) is 0.286. The number of H-pyrrole nitrogens is 1. The molecule has 0 bridgehead atoms. The molecule has 0 atom stereocenters. The lowest BCUT2D eigenvalue weighted by Gasteiger charge is -2.25. The number of hydrogen-bond acceptors (Lipinski definition) is 3. The quantitative estimate of drug-likeness (QED) is 0.689. The van der Waals surface area contributed by atoms with Gasteiger partial charge in [0.2, 0.25) is 0 Å². The predicted octanol–water partition coefficient (Wildman–Crippen LogP) is 4.03. The minimum atomic E-state index is -0.420. The van der Waals surface area contributed by atoms with E-state index < -0.39 is 5.41 Å². The van der Waals surface area contributed by atoms with Gasteiger partial charge in [-0.05, 0) is 35.9 Å². The lowest BCUT2D eigenvalue weighted by molar-refractivity contribution is 0.0939. The van der Waals surface area contributed by atoms with E-state index in [4.69, 9.17) is 9.47 Å². The minimum absolute atomic E-state index is 0.289. The van der Waals surface area contributed by atoms with Crippen molar-refractivity contribution >= 4 is 16.8 Å². The molecule has 1 amide bonds. The molecular weight excluding hydrogens is 347 g/mol. The van der Waals surface area contributed by atoms with Crippen LogP contribution in [0.15, 0.2) is 42.6 Å². The topological polar surface area (TPSA) is 63.4 Å². The van der Waals surface area contributed by atoms with Crippen molar-refractivity contribution in [3.05, 3.63) is 59.5 Å². The van der Waals surface area contributed by atoms with E-state index in [2.05, 4.69) is 10.3 Å². The highest BCUT2D eigenvalue weighted by Gasteiger charge is 2.26. The van der Waals surface area contributed by atoms with Crippen molar-refractivity contribution in [3.8, 4) is 11.5 Å². The Hall–Kier alpha value is -3.02. The Morgan fingerprint density at radius 3 is 2.44 bits per heavy atom. The molecular formula is C21H23FN2O3. The number of carbonyl (C=O) groups excluding carboxylic acids is 1. The summed E-state index contributed by atoms with van der Waals surface area (Å²) in [6.45, 7) is 4.36. The van der Waals surface area contributed by atoms with Gasteiger partial charge in [-0.15, -0.1) is 0 Å². The highest BCUT2D eigenvalue weighted by molar-refractivity contribution is 5.99. The molecule has 0 unspecified atom stereocenters. The summed E-state index contributed by atoms with van der Waals surface area (Å²) in [6, 6.07) is 9.83. The van der Waals surface area contributed by atoms with Crippen molar-refractivity contribution < 1.29 is 18.7 Å². The lowest BCUT2D eigenvalue weighted by Crippen LogP contribution is -2.36. The average Bonchev–Trinajstić information content (AvgIpc) is 3.09. The van der Waals surface area contributed by atoms with Gasteiger partial charge in [-0.25, -0.2) is 4.39 Å². The van der Waals surface area contributed by atoms with Crippen LogP contribution < -0.4 is 14.8 Å². The van der Waals surface area contributed by atoms with E-state index in [1.807, 2.05) is 20.0 Å². The summed E-state index contributed by atoms with van der Waals surface area (Å²) in [5, 5.41) is 3.76. The van der Waals surface area contributed by atoms with Gasteiger partial charge < -0.3 is 19.8 Å². The van der Waals surface area contributed by atoms with E-state index in [0.29, 0.717) is 23.6 Å². The van der Waals surface area contributed by atoms with E-state index >= 15 is 0 Å². The summed E-state index contributed by atoms with van der Waals surface area (Å²) in [5.74, 6) is 0.308. The fourth-order valence-corrected chi connectivity index (χ4v) is 3.21. The molecule has 1 aromatic heterocycles. The molecule has 0 radical (unpaired) electrons. The summed E-state index contributed by atoms with van der Waals surface area (Å²) in [4.78, 5) is 16.0. The SMILES string of the molecule is COc1cccc(OC)c1C(=O)NCC(C)(C)c1c[nH]c2ccc(F)cc12. The first-order valence-corrected chi connectivity index (χ1v) is 8.63. The summed E-state index contributed by atoms with van der Waals surface area (Å²) < 4.78 is 24.3. The van der Waals surface area contributed by atoms with E-state index in [1.165, 1.54) is 26.4 Å². The summed E-state index contributed by atoms with van der Waals surface area (Å²) in [5.41, 5.74) is 1.72. The third-order valence-electron chi connectivity index (χ3n) is 4.72. The molecule has 0 saturated carbocycles. The van der Waals surface area contributed by atoms with Crippen LogP contribution in [0.5, 0.6) is 11.5 Å². The normalized spacial score (nSPS) is 11.4. The maximum absolute atomic E-state index is 13.7. The van der Waals surface area contributed by atoms with E-state index in [0.717, 1.165) is 16.5 Å². The monoisotopic (exact) mass is 370 g/mol. The van der Waals surface area contributed by atoms with Crippen molar-refractivity contribution in [1.29, 1.82) is 0 Å². The van der Waals surface area contributed by atoms with Crippen molar-refractivity contribution in [2.45, 2.75) is 19.3 Å². The van der Waals surface area contributed by atoms with Crippen LogP contribution in [0.2, 0.25) is 0 Å². The minimum Gasteiger partial charge on any atom is -0.496 e. The molecule has 5 nitrogen and oxygen atoms in total. The third-order valence-corrected chi connectivity index (χ3v) is 4.72. The number of aromatic amines is 1. The van der Waals surface area contributed by atoms with Crippen LogP contribution >= 0.6 is 0 Å². The van der Waals surface area contributed by atoms with Crippen LogP contribution in [0, 0.1) is 5.82 Å². The first kappa shape index (κ1) is 18.8. The van der Waals surface area contributed by atoms with Gasteiger partial charge in [0, 0.05) is 29.1 Å². The summed E-state index contributed by atoms with van der Waals surface area (Å²) in [6.07, 6.45) is 1.86. The Kier molecular flexibility index (Phi) is 5.08. The molecule has 0 fully saturated rings. The second-order valence-electron chi connectivity index (χ2n) is 7.00. The van der Waals surface area contributed by atoms with E-state index in [1.54, 1.807) is 24.3 Å². The summed E-state index contributed by atoms with van der Waals surface area (Å²) >= 11 is 0. The number of methoxy groups -OCH3 is 2. The van der Waals surface area contributed by atoms with Gasteiger partial charge in [0.1, 0.15) is 22.9 Å². The second kappa shape index (κ2) is 7.31. The number of fused-ring (bicyclic) bond motifs is 1. The molecule has 27 heavy (non-hydrogen) atoms. The zero-order chi connectivity index (χ0) is 19.6. The van der Waals surface area contributed by atoms with Gasteiger partial charge in [0.25, 0.3) is 5.91 Å². The molecule has 0 aliphatic rings. The number of benzene rings is 2. The molecule has 1 heterocycles. The Morgan fingerprint density at radius 1 is 1.15 bits per heavy atom. The third kappa shape index (κ3) is 3.60. The molecule has 0 saturated heterocycles. The predicted molar refractivity (Wildman–Crippen MR) is 103 cm³/mol. The molecule has 2 N–H and O–H groups in total. The molecule has 142 valence electrons. The molecule has 0 aliphatic carbocycles. The number of aromatic nitrogens is 1. The largest absolute Gasteiger partial charge is 0.496 e. The van der Waals surface area contributed by atoms with E-state index in [9.17, 15) is 9.18 Å². The van der Waals surface area contributed by atoms with Crippen LogP contribution in [0.1, 0.15) is 29.8 Å². The highest BCUT2D eigenvalue weighted by Crippen LogP contribution is 2.32. The Labute approximate surface area is 157 Å². The lowest BCUT2D eigenvalue weighted by atomic mass is 9.84. The molecule has 3 aromatic rings. The van der Waals surface area contributed by atoms with Gasteiger partial charge in [-0.2, -0.15) is 0 Å². The Balaban J connectivity index is 1.85. The first-order valence-electron chi connectivity index (χ1n) is 8.63. The number of amides is 1. The van der Waals surface area contributed by atoms with Crippen LogP contribution in [0.3, 0.4) is 0 Å². The Morgan fingerprint density at radius 2 is 1.81 bits per heavy atom. The van der Waals surface area contributed by atoms with Crippen LogP contribution in [-0.2, 0) is 5.41 Å². The second-order valence-corrected chi connectivity index (χ2v) is 7.00. The van der Waals surface area contributed by atoms with Crippen molar-refractivity contribution in [2.75, 3.05) is 20.8 Å². The highest BCUT2D eigenvalue weighted by atomic mass is 19.1. The smallest absolute Gasteiger partial charge is 0.258 e. The van der Waals surface area contributed by atoms with Crippen LogP contribution in [0.4, 0.5) is 4.39 Å². The van der Waals surface area contributed by atoms with Crippen molar-refractivity contribution in [2.24, 2.45) is 0 Å². The van der Waals surface area contributed by atoms with Crippen molar-refractivity contribution in [3.63, 3.8) is 0 Å². The molecule has 6 heteroatoms. The van der Waals surface area contributed by atoms with Crippen LogP contribution in [-0.4, -0.2) is 31.7 Å². The van der Waals surface area contributed by atoms with Crippen molar-refractivity contribution in [1.82, 2.24) is 10.3 Å². The summed E-state index contributed by atoms with van der Waals surface area (Å²) in [7, 11) is 3.02. The number of nitrogens with one attached hydrogen (secondary N) is 2. The fourth-order valence-electron chi connectivity index (χ4n) is 3.21. The van der Waals surface area contributed by atoms with Gasteiger partial charge in [-0.1, -0.05) is 19.9 Å². The maximum atomic E-state index is 13.7. The Bertz CT molecular complexity index is 956. The van der Waals surface area contributed by atoms with Crippen LogP contribution in [0.25, 0.3) is 10.9 Å². The zero-order valence-electron chi connectivity index (χ0n) is 15.9. The van der Waals surface area contributed by atoms with Gasteiger partial charge in [0.05, 0.1) is 14.2 Å². The van der Waals surface area contributed by atoms with E-state index in [-0.39, 0.29) is 11.7 Å². The van der Waals surface area contributed by atoms with Gasteiger partial charge >= 0.3 is 0 Å².